The molecule has 3 rings (SSSR count). The molecule has 1 heterocycles. The Kier molecular flexibility index (Phi) is 4.33. The van der Waals surface area contributed by atoms with Crippen molar-refractivity contribution in [2.75, 3.05) is 7.11 Å². The van der Waals surface area contributed by atoms with E-state index in [1.807, 2.05) is 0 Å². The van der Waals surface area contributed by atoms with Gasteiger partial charge in [0.15, 0.2) is 17.3 Å². The molecule has 0 aliphatic rings. The van der Waals surface area contributed by atoms with E-state index in [-0.39, 0.29) is 28.4 Å². The molecule has 4 N–H and O–H groups in total. The van der Waals surface area contributed by atoms with Gasteiger partial charge in [-0.15, -0.1) is 0 Å². The zero-order chi connectivity index (χ0) is 19.9. The molecule has 2 aromatic carbocycles. The molecule has 0 aliphatic heterocycles. The Labute approximate surface area is 151 Å². The summed E-state index contributed by atoms with van der Waals surface area (Å²) in [6.45, 7) is 0. The highest BCUT2D eigenvalue weighted by Crippen LogP contribution is 2.43. The molecule has 0 saturated carbocycles. The van der Waals surface area contributed by atoms with E-state index in [9.17, 15) is 28.5 Å². The van der Waals surface area contributed by atoms with Gasteiger partial charge in [-0.25, -0.2) is 0 Å². The zero-order valence-electron chi connectivity index (χ0n) is 13.5. The fraction of sp³-hybridized carbons (Fsp3) is 0.0625. The number of ether oxygens (including phenoxy) is 1. The number of phenolic OH excluding ortho intramolecular Hbond substituents is 2. The minimum atomic E-state index is -4.78. The number of phenols is 2. The largest absolute Gasteiger partial charge is 0.504 e. The normalized spacial score (nSPS) is 11.5. The fourth-order valence-corrected chi connectivity index (χ4v) is 2.85. The highest BCUT2D eigenvalue weighted by atomic mass is 32.3. The number of aromatic hydroxyl groups is 3. The van der Waals surface area contributed by atoms with Gasteiger partial charge in [-0.05, 0) is 12.1 Å². The van der Waals surface area contributed by atoms with Crippen LogP contribution in [0.25, 0.3) is 22.3 Å². The summed E-state index contributed by atoms with van der Waals surface area (Å²) in [7, 11) is -3.62. The first-order valence-electron chi connectivity index (χ1n) is 7.18. The summed E-state index contributed by atoms with van der Waals surface area (Å²) in [5.41, 5.74) is -1.24. The second kappa shape index (κ2) is 6.37. The van der Waals surface area contributed by atoms with Crippen molar-refractivity contribution in [3.8, 4) is 40.1 Å². The lowest BCUT2D eigenvalue weighted by Crippen LogP contribution is -2.07. The van der Waals surface area contributed by atoms with E-state index in [4.69, 9.17) is 13.7 Å². The molecule has 11 heteroatoms. The summed E-state index contributed by atoms with van der Waals surface area (Å²) in [5.74, 6) is -3.16. The maximum atomic E-state index is 12.5. The number of rotatable bonds is 4. The maximum absolute atomic E-state index is 12.5. The topological polar surface area (TPSA) is 164 Å². The third-order valence-electron chi connectivity index (χ3n) is 3.57. The van der Waals surface area contributed by atoms with Crippen molar-refractivity contribution < 1.29 is 41.6 Å². The number of fused-ring (bicyclic) bond motifs is 1. The highest BCUT2D eigenvalue weighted by Gasteiger charge is 2.23. The summed E-state index contributed by atoms with van der Waals surface area (Å²) < 4.78 is 44.9. The average molecular weight is 396 g/mol. The van der Waals surface area contributed by atoms with Gasteiger partial charge in [0.1, 0.15) is 16.7 Å². The summed E-state index contributed by atoms with van der Waals surface area (Å²) >= 11 is 0. The highest BCUT2D eigenvalue weighted by molar-refractivity contribution is 7.81. The molecule has 0 fully saturated rings. The summed E-state index contributed by atoms with van der Waals surface area (Å²) in [4.78, 5) is 12.5. The zero-order valence-corrected chi connectivity index (χ0v) is 14.3. The van der Waals surface area contributed by atoms with Gasteiger partial charge in [-0.3, -0.25) is 9.35 Å². The van der Waals surface area contributed by atoms with Gasteiger partial charge in [0.05, 0.1) is 7.11 Å². The first-order chi connectivity index (χ1) is 12.6. The number of benzene rings is 2. The quantitative estimate of drug-likeness (QED) is 0.478. The van der Waals surface area contributed by atoms with Crippen molar-refractivity contribution >= 4 is 21.4 Å². The molecule has 0 unspecified atom stereocenters. The van der Waals surface area contributed by atoms with Crippen molar-refractivity contribution in [2.45, 2.75) is 0 Å². The molecule has 142 valence electrons. The van der Waals surface area contributed by atoms with Crippen LogP contribution < -0.4 is 14.3 Å². The third kappa shape index (κ3) is 3.32. The minimum Gasteiger partial charge on any atom is -0.504 e. The van der Waals surface area contributed by atoms with Crippen molar-refractivity contribution in [3.63, 3.8) is 0 Å². The molecule has 0 bridgehead atoms. The second-order valence-electron chi connectivity index (χ2n) is 5.30. The lowest BCUT2D eigenvalue weighted by atomic mass is 10.1. The third-order valence-corrected chi connectivity index (χ3v) is 3.97. The van der Waals surface area contributed by atoms with Crippen LogP contribution in [0, 0.1) is 0 Å². The van der Waals surface area contributed by atoms with Crippen LogP contribution in [-0.2, 0) is 10.4 Å². The summed E-state index contributed by atoms with van der Waals surface area (Å²) in [6.07, 6.45) is 0. The van der Waals surface area contributed by atoms with Gasteiger partial charge in [0.2, 0.25) is 16.9 Å². The molecular weight excluding hydrogens is 384 g/mol. The first kappa shape index (κ1) is 18.4. The van der Waals surface area contributed by atoms with E-state index < -0.39 is 38.5 Å². The maximum Gasteiger partial charge on any atom is 0.446 e. The Morgan fingerprint density at radius 3 is 2.41 bits per heavy atom. The van der Waals surface area contributed by atoms with E-state index in [1.165, 1.54) is 18.2 Å². The molecular formula is C16H12O10S. The molecule has 3 aromatic rings. The smallest absolute Gasteiger partial charge is 0.446 e. The van der Waals surface area contributed by atoms with Crippen LogP contribution in [0.4, 0.5) is 0 Å². The first-order valence-corrected chi connectivity index (χ1v) is 8.55. The van der Waals surface area contributed by atoms with Crippen molar-refractivity contribution in [1.29, 1.82) is 0 Å². The SMILES string of the molecule is COc1c(O)cc2oc(-c3cccc(OS(=O)(=O)O)c3)c(O)c(=O)c2c1O. The van der Waals surface area contributed by atoms with Crippen LogP contribution >= 0.6 is 0 Å². The minimum absolute atomic E-state index is 0.0300. The molecule has 0 amide bonds. The molecule has 0 atom stereocenters. The van der Waals surface area contributed by atoms with Crippen LogP contribution in [0.3, 0.4) is 0 Å². The number of hydrogen-bond acceptors (Lipinski definition) is 9. The van der Waals surface area contributed by atoms with Gasteiger partial charge in [0, 0.05) is 11.6 Å². The van der Waals surface area contributed by atoms with Crippen LogP contribution in [0.1, 0.15) is 0 Å². The predicted octanol–water partition coefficient (Wildman–Crippen LogP) is 1.77. The molecule has 27 heavy (non-hydrogen) atoms. The van der Waals surface area contributed by atoms with Crippen LogP contribution in [-0.4, -0.2) is 35.4 Å². The Morgan fingerprint density at radius 2 is 1.78 bits per heavy atom. The van der Waals surface area contributed by atoms with E-state index in [2.05, 4.69) is 4.18 Å². The van der Waals surface area contributed by atoms with E-state index >= 15 is 0 Å². The van der Waals surface area contributed by atoms with Crippen molar-refractivity contribution in [2.24, 2.45) is 0 Å². The molecule has 0 radical (unpaired) electrons. The van der Waals surface area contributed by atoms with Gasteiger partial charge in [0.25, 0.3) is 0 Å². The molecule has 1 aromatic heterocycles. The Morgan fingerprint density at radius 1 is 1.07 bits per heavy atom. The monoisotopic (exact) mass is 396 g/mol. The molecule has 0 spiro atoms. The molecule has 0 aliphatic carbocycles. The van der Waals surface area contributed by atoms with Crippen LogP contribution in [0.5, 0.6) is 28.7 Å². The fourth-order valence-electron chi connectivity index (χ4n) is 2.50. The average Bonchev–Trinajstić information content (AvgIpc) is 2.56. The van der Waals surface area contributed by atoms with Gasteiger partial charge >= 0.3 is 10.4 Å². The van der Waals surface area contributed by atoms with Gasteiger partial charge in [-0.2, -0.15) is 8.42 Å². The predicted molar refractivity (Wildman–Crippen MR) is 91.6 cm³/mol. The number of hydrogen-bond donors (Lipinski definition) is 4. The van der Waals surface area contributed by atoms with E-state index in [0.29, 0.717) is 0 Å². The standard InChI is InChI=1S/C16H12O10S/c1-24-16-9(17)6-10-11(13(16)19)12(18)14(20)15(25-10)7-3-2-4-8(5-7)26-27(21,22)23/h2-6,17,19-20H,1H3,(H,21,22,23). The Bertz CT molecular complexity index is 1210. The number of methoxy groups -OCH3 is 1. The summed E-state index contributed by atoms with van der Waals surface area (Å²) in [6, 6.07) is 5.99. The molecule has 10 nitrogen and oxygen atoms in total. The van der Waals surface area contributed by atoms with E-state index in [1.54, 1.807) is 0 Å². The second-order valence-corrected chi connectivity index (χ2v) is 6.32. The Balaban J connectivity index is 2.27. The van der Waals surface area contributed by atoms with Crippen molar-refractivity contribution in [3.05, 3.63) is 40.6 Å². The van der Waals surface area contributed by atoms with Crippen LogP contribution in [0.2, 0.25) is 0 Å². The molecule has 0 saturated heterocycles. The van der Waals surface area contributed by atoms with E-state index in [0.717, 1.165) is 19.2 Å². The lowest BCUT2D eigenvalue weighted by molar-refractivity contribution is 0.346. The van der Waals surface area contributed by atoms with Gasteiger partial charge < -0.3 is 28.7 Å². The summed E-state index contributed by atoms with van der Waals surface area (Å²) in [5, 5.41) is 29.7. The lowest BCUT2D eigenvalue weighted by Gasteiger charge is -2.11. The van der Waals surface area contributed by atoms with Gasteiger partial charge in [-0.1, -0.05) is 12.1 Å². The van der Waals surface area contributed by atoms with Crippen molar-refractivity contribution in [1.82, 2.24) is 0 Å². The Hall–Kier alpha value is -3.44. The van der Waals surface area contributed by atoms with Crippen LogP contribution in [0.15, 0.2) is 39.5 Å².